The molecule has 0 aliphatic rings. The van der Waals surface area contributed by atoms with Crippen LogP contribution in [0.3, 0.4) is 0 Å². The number of carbonyl (C=O) groups is 2. The summed E-state index contributed by atoms with van der Waals surface area (Å²) in [5, 5.41) is 23.6. The van der Waals surface area contributed by atoms with Gasteiger partial charge in [-0.1, -0.05) is 23.2 Å². The molecule has 0 radical (unpaired) electrons. The van der Waals surface area contributed by atoms with Gasteiger partial charge in [-0.25, -0.2) is 9.59 Å². The first-order valence-electron chi connectivity index (χ1n) is 5.60. The number of carboxylic acids is 1. The third-order valence-electron chi connectivity index (χ3n) is 2.59. The zero-order valence-corrected chi connectivity index (χ0v) is 12.3. The standard InChI is InChI=1S/C12H14Cl2N2O4/c1-6-8(13)3-7(4-9(6)14)16-11(19)15-5-12(2,20)10(17)18/h3-4,20H,5H2,1-2H3,(H,17,18)(H2,15,16,19). The molecule has 0 spiro atoms. The van der Waals surface area contributed by atoms with Crippen molar-refractivity contribution in [1.29, 1.82) is 0 Å². The Kier molecular flexibility index (Phi) is 5.21. The van der Waals surface area contributed by atoms with Crippen LogP contribution >= 0.6 is 23.2 Å². The monoisotopic (exact) mass is 320 g/mol. The average molecular weight is 321 g/mol. The molecule has 0 heterocycles. The summed E-state index contributed by atoms with van der Waals surface area (Å²) in [7, 11) is 0. The number of aliphatic carboxylic acids is 1. The van der Waals surface area contributed by atoms with Crippen molar-refractivity contribution in [1.82, 2.24) is 5.32 Å². The molecule has 0 saturated heterocycles. The Morgan fingerprint density at radius 1 is 1.30 bits per heavy atom. The van der Waals surface area contributed by atoms with E-state index < -0.39 is 24.1 Å². The molecule has 0 aliphatic heterocycles. The molecule has 1 aromatic rings. The first-order chi connectivity index (χ1) is 9.13. The van der Waals surface area contributed by atoms with Crippen LogP contribution in [0.2, 0.25) is 10.0 Å². The molecule has 8 heteroatoms. The van der Waals surface area contributed by atoms with Gasteiger partial charge in [0.25, 0.3) is 0 Å². The Morgan fingerprint density at radius 2 is 1.80 bits per heavy atom. The molecule has 0 bridgehead atoms. The van der Waals surface area contributed by atoms with Gasteiger partial charge >= 0.3 is 12.0 Å². The maximum Gasteiger partial charge on any atom is 0.337 e. The second kappa shape index (κ2) is 6.30. The van der Waals surface area contributed by atoms with Gasteiger partial charge in [-0.15, -0.1) is 0 Å². The van der Waals surface area contributed by atoms with Crippen LogP contribution in [-0.2, 0) is 4.79 Å². The van der Waals surface area contributed by atoms with Gasteiger partial charge in [0.05, 0.1) is 6.54 Å². The molecule has 1 rings (SSSR count). The lowest BCUT2D eigenvalue weighted by atomic mass is 10.1. The molecule has 20 heavy (non-hydrogen) atoms. The minimum atomic E-state index is -2.04. The van der Waals surface area contributed by atoms with E-state index in [1.165, 1.54) is 12.1 Å². The maximum atomic E-state index is 11.6. The van der Waals surface area contributed by atoms with E-state index in [1.54, 1.807) is 6.92 Å². The fourth-order valence-electron chi connectivity index (χ4n) is 1.22. The lowest BCUT2D eigenvalue weighted by molar-refractivity contribution is -0.155. The largest absolute Gasteiger partial charge is 0.479 e. The van der Waals surface area contributed by atoms with E-state index in [0.29, 0.717) is 21.3 Å². The minimum absolute atomic E-state index is 0.359. The molecular weight excluding hydrogens is 307 g/mol. The van der Waals surface area contributed by atoms with Crippen molar-refractivity contribution < 1.29 is 19.8 Å². The number of rotatable bonds is 4. The number of hydrogen-bond donors (Lipinski definition) is 4. The van der Waals surface area contributed by atoms with Crippen molar-refractivity contribution in [3.8, 4) is 0 Å². The number of amides is 2. The number of halogens is 2. The quantitative estimate of drug-likeness (QED) is 0.683. The van der Waals surface area contributed by atoms with Gasteiger partial charge in [0.1, 0.15) is 0 Å². The van der Waals surface area contributed by atoms with Gasteiger partial charge < -0.3 is 20.8 Å². The molecule has 0 saturated carbocycles. The lowest BCUT2D eigenvalue weighted by Crippen LogP contribution is -2.47. The fourth-order valence-corrected chi connectivity index (χ4v) is 1.71. The van der Waals surface area contributed by atoms with Crippen LogP contribution in [0.5, 0.6) is 0 Å². The average Bonchev–Trinajstić information content (AvgIpc) is 2.33. The number of carbonyl (C=O) groups excluding carboxylic acids is 1. The molecule has 4 N–H and O–H groups in total. The minimum Gasteiger partial charge on any atom is -0.479 e. The van der Waals surface area contributed by atoms with E-state index in [1.807, 2.05) is 0 Å². The highest BCUT2D eigenvalue weighted by Gasteiger charge is 2.30. The molecule has 1 unspecified atom stereocenters. The first-order valence-corrected chi connectivity index (χ1v) is 6.35. The summed E-state index contributed by atoms with van der Waals surface area (Å²) in [6, 6.07) is 2.34. The van der Waals surface area contributed by atoms with Gasteiger partial charge in [-0.3, -0.25) is 0 Å². The predicted molar refractivity (Wildman–Crippen MR) is 76.5 cm³/mol. The van der Waals surface area contributed by atoms with Crippen molar-refractivity contribution in [2.24, 2.45) is 0 Å². The number of aliphatic hydroxyl groups is 1. The van der Waals surface area contributed by atoms with Crippen LogP contribution in [0.1, 0.15) is 12.5 Å². The SMILES string of the molecule is Cc1c(Cl)cc(NC(=O)NCC(C)(O)C(=O)O)cc1Cl. The summed E-state index contributed by atoms with van der Waals surface area (Å²) in [6.07, 6.45) is 0. The zero-order chi connectivity index (χ0) is 15.5. The third-order valence-corrected chi connectivity index (χ3v) is 3.38. The summed E-state index contributed by atoms with van der Waals surface area (Å²) in [6.45, 7) is 2.37. The topological polar surface area (TPSA) is 98.7 Å². The van der Waals surface area contributed by atoms with E-state index in [0.717, 1.165) is 6.92 Å². The summed E-state index contributed by atoms with van der Waals surface area (Å²) < 4.78 is 0. The smallest absolute Gasteiger partial charge is 0.337 e. The number of benzene rings is 1. The number of nitrogens with one attached hydrogen (secondary N) is 2. The second-order valence-corrected chi connectivity index (χ2v) is 5.27. The normalized spacial score (nSPS) is 13.4. The predicted octanol–water partition coefficient (Wildman–Crippen LogP) is 2.26. The summed E-state index contributed by atoms with van der Waals surface area (Å²) in [5.41, 5.74) is -0.994. The van der Waals surface area contributed by atoms with Crippen molar-refractivity contribution in [3.05, 3.63) is 27.7 Å². The molecule has 1 atom stereocenters. The van der Waals surface area contributed by atoms with Gasteiger partial charge in [0, 0.05) is 15.7 Å². The van der Waals surface area contributed by atoms with Crippen molar-refractivity contribution in [2.75, 3.05) is 11.9 Å². The molecule has 0 fully saturated rings. The van der Waals surface area contributed by atoms with Crippen molar-refractivity contribution in [3.63, 3.8) is 0 Å². The summed E-state index contributed by atoms with van der Waals surface area (Å²) in [4.78, 5) is 22.2. The zero-order valence-electron chi connectivity index (χ0n) is 10.8. The fraction of sp³-hybridized carbons (Fsp3) is 0.333. The van der Waals surface area contributed by atoms with Crippen LogP contribution in [0.25, 0.3) is 0 Å². The molecule has 0 aliphatic carbocycles. The van der Waals surface area contributed by atoms with Gasteiger partial charge in [0.15, 0.2) is 5.60 Å². The van der Waals surface area contributed by atoms with E-state index in [4.69, 9.17) is 28.3 Å². The molecule has 1 aromatic carbocycles. The van der Waals surface area contributed by atoms with Gasteiger partial charge in [-0.2, -0.15) is 0 Å². The third kappa shape index (κ3) is 4.26. The van der Waals surface area contributed by atoms with E-state index in [-0.39, 0.29) is 0 Å². The van der Waals surface area contributed by atoms with Crippen molar-refractivity contribution >= 4 is 40.9 Å². The van der Waals surface area contributed by atoms with Crippen LogP contribution in [0.4, 0.5) is 10.5 Å². The van der Waals surface area contributed by atoms with Crippen LogP contribution in [-0.4, -0.2) is 34.4 Å². The number of anilines is 1. The Hall–Kier alpha value is -1.50. The van der Waals surface area contributed by atoms with Gasteiger partial charge in [0.2, 0.25) is 0 Å². The Morgan fingerprint density at radius 3 is 2.25 bits per heavy atom. The highest BCUT2D eigenvalue weighted by atomic mass is 35.5. The van der Waals surface area contributed by atoms with E-state index in [9.17, 15) is 14.7 Å². The summed E-state index contributed by atoms with van der Waals surface area (Å²) in [5.74, 6) is -1.43. The van der Waals surface area contributed by atoms with E-state index >= 15 is 0 Å². The highest BCUT2D eigenvalue weighted by Crippen LogP contribution is 2.27. The Balaban J connectivity index is 2.66. The second-order valence-electron chi connectivity index (χ2n) is 4.45. The van der Waals surface area contributed by atoms with Crippen LogP contribution < -0.4 is 10.6 Å². The number of hydrogen-bond acceptors (Lipinski definition) is 3. The highest BCUT2D eigenvalue weighted by molar-refractivity contribution is 6.36. The van der Waals surface area contributed by atoms with Crippen LogP contribution in [0, 0.1) is 6.92 Å². The summed E-state index contributed by atoms with van der Waals surface area (Å²) >= 11 is 11.8. The van der Waals surface area contributed by atoms with E-state index in [2.05, 4.69) is 10.6 Å². The molecule has 0 aromatic heterocycles. The molecule has 2 amide bonds. The first kappa shape index (κ1) is 16.6. The maximum absolute atomic E-state index is 11.6. The van der Waals surface area contributed by atoms with Crippen LogP contribution in [0.15, 0.2) is 12.1 Å². The Labute approximate surface area is 125 Å². The molecule has 6 nitrogen and oxygen atoms in total. The lowest BCUT2D eigenvalue weighted by Gasteiger charge is -2.18. The number of urea groups is 1. The van der Waals surface area contributed by atoms with Crippen molar-refractivity contribution in [2.45, 2.75) is 19.4 Å². The van der Waals surface area contributed by atoms with Gasteiger partial charge in [-0.05, 0) is 31.5 Å². The Bertz CT molecular complexity index is 523. The molecular formula is C12H14Cl2N2O4. The molecule has 110 valence electrons. The number of carboxylic acid groups (broad SMARTS) is 1.